The molecular weight excluding hydrogens is 311 g/mol. The Morgan fingerprint density at radius 1 is 1.20 bits per heavy atom. The van der Waals surface area contributed by atoms with Crippen LogP contribution in [0.15, 0.2) is 29.2 Å². The fraction of sp³-hybridized carbons (Fsp3) is 0.222. The summed E-state index contributed by atoms with van der Waals surface area (Å²) < 4.78 is 26.8. The molecule has 0 saturated heterocycles. The van der Waals surface area contributed by atoms with Crippen LogP contribution in [0.25, 0.3) is 0 Å². The first-order valence-corrected chi connectivity index (χ1v) is 5.34. The van der Waals surface area contributed by atoms with Crippen molar-refractivity contribution in [2.75, 3.05) is 0 Å². The van der Waals surface area contributed by atoms with Crippen molar-refractivity contribution in [2.45, 2.75) is 18.7 Å². The van der Waals surface area contributed by atoms with Gasteiger partial charge in [0.2, 0.25) is 0 Å². The molecule has 1 rings (SSSR count). The molecule has 15 heavy (non-hydrogen) atoms. The number of carbonyl (C=O) groups excluding carboxylic acids is 1. The van der Waals surface area contributed by atoms with Gasteiger partial charge in [0.05, 0.1) is 0 Å². The van der Waals surface area contributed by atoms with Gasteiger partial charge < -0.3 is 4.18 Å². The van der Waals surface area contributed by atoms with Crippen LogP contribution in [0.4, 0.5) is 0 Å². The molecule has 0 fully saturated rings. The van der Waals surface area contributed by atoms with E-state index in [1.54, 1.807) is 12.1 Å². The van der Waals surface area contributed by atoms with Gasteiger partial charge in [-0.2, -0.15) is 8.42 Å². The number of aryl methyl sites for hydroxylation is 1. The molecule has 0 aromatic heterocycles. The van der Waals surface area contributed by atoms with Crippen LogP contribution in [0.3, 0.4) is 0 Å². The molecule has 0 atom stereocenters. The number of hydrogen-bond donors (Lipinski definition) is 0. The summed E-state index contributed by atoms with van der Waals surface area (Å²) in [5, 5.41) is 0. The molecule has 0 aliphatic heterocycles. The van der Waals surface area contributed by atoms with Crippen LogP contribution in [0.5, 0.6) is 0 Å². The summed E-state index contributed by atoms with van der Waals surface area (Å²) in [4.78, 5) is 10.5. The average molecular weight is 321 g/mol. The molecule has 0 spiro atoms. The molecule has 6 heteroatoms. The first-order valence-electron chi connectivity index (χ1n) is 3.93. The molecule has 4 nitrogen and oxygen atoms in total. The van der Waals surface area contributed by atoms with E-state index >= 15 is 0 Å². The van der Waals surface area contributed by atoms with Gasteiger partial charge in [-0.05, 0) is 19.1 Å². The van der Waals surface area contributed by atoms with E-state index < -0.39 is 16.1 Å². The topological polar surface area (TPSA) is 60.4 Å². The van der Waals surface area contributed by atoms with Gasteiger partial charge in [0, 0.05) is 27.3 Å². The van der Waals surface area contributed by atoms with Crippen LogP contribution in [-0.4, -0.2) is 14.4 Å². The Morgan fingerprint density at radius 2 is 1.67 bits per heavy atom. The number of carbonyl (C=O) groups is 1. The van der Waals surface area contributed by atoms with Crippen molar-refractivity contribution < 1.29 is 37.8 Å². The largest absolute Gasteiger partial charge is 0.343 e. The van der Waals surface area contributed by atoms with Gasteiger partial charge in [-0.15, -0.1) is 0 Å². The van der Waals surface area contributed by atoms with E-state index in [2.05, 4.69) is 4.18 Å². The van der Waals surface area contributed by atoms with Crippen LogP contribution in [-0.2, 0) is 39.5 Å². The molecule has 0 aliphatic carbocycles. The zero-order valence-electron chi connectivity index (χ0n) is 8.17. The molecule has 0 bridgehead atoms. The summed E-state index contributed by atoms with van der Waals surface area (Å²) >= 11 is 0. The van der Waals surface area contributed by atoms with E-state index in [0.717, 1.165) is 12.5 Å². The third-order valence-corrected chi connectivity index (χ3v) is 2.84. The summed E-state index contributed by atoms with van der Waals surface area (Å²) in [7, 11) is -3.93. The van der Waals surface area contributed by atoms with Crippen molar-refractivity contribution in [2.24, 2.45) is 0 Å². The SMILES string of the molecule is CC(=O)OS(=O)(=O)c1ccc(C)cc1.[Pd]. The second-order valence-electron chi connectivity index (χ2n) is 2.84. The normalized spacial score (nSPS) is 10.3. The number of benzene rings is 1. The standard InChI is InChI=1S/C9H10O4S.Pd/c1-7-3-5-9(6-4-7)14(11,12)13-8(2)10;/h3-6H,1-2H3;. The maximum Gasteiger partial charge on any atom is 0.341 e. The quantitative estimate of drug-likeness (QED) is 0.608. The third-order valence-electron chi connectivity index (χ3n) is 1.54. The van der Waals surface area contributed by atoms with Gasteiger partial charge in [0.1, 0.15) is 4.90 Å². The van der Waals surface area contributed by atoms with Crippen molar-refractivity contribution in [1.29, 1.82) is 0 Å². The van der Waals surface area contributed by atoms with Crippen molar-refractivity contribution in [3.8, 4) is 0 Å². The predicted molar refractivity (Wildman–Crippen MR) is 50.1 cm³/mol. The monoisotopic (exact) mass is 320 g/mol. The van der Waals surface area contributed by atoms with Crippen LogP contribution in [0.2, 0.25) is 0 Å². The van der Waals surface area contributed by atoms with Gasteiger partial charge in [0.25, 0.3) is 0 Å². The van der Waals surface area contributed by atoms with Crippen LogP contribution in [0, 0.1) is 6.92 Å². The fourth-order valence-electron chi connectivity index (χ4n) is 0.908. The second kappa shape index (κ2) is 5.40. The molecular formula is C9H10O4PdS. The maximum absolute atomic E-state index is 11.3. The molecule has 1 aromatic rings. The van der Waals surface area contributed by atoms with Crippen molar-refractivity contribution in [3.05, 3.63) is 29.8 Å². The van der Waals surface area contributed by atoms with Crippen LogP contribution < -0.4 is 0 Å². The van der Waals surface area contributed by atoms with Gasteiger partial charge in [-0.3, -0.25) is 4.79 Å². The smallest absolute Gasteiger partial charge is 0.341 e. The molecule has 0 unspecified atom stereocenters. The Kier molecular flexibility index (Phi) is 5.15. The zero-order valence-corrected chi connectivity index (χ0v) is 10.5. The van der Waals surface area contributed by atoms with Gasteiger partial charge >= 0.3 is 16.1 Å². The molecule has 0 heterocycles. The first kappa shape index (κ1) is 14.3. The molecule has 1 aromatic carbocycles. The van der Waals surface area contributed by atoms with Gasteiger partial charge in [-0.25, -0.2) is 0 Å². The summed E-state index contributed by atoms with van der Waals surface area (Å²) in [6.07, 6.45) is 0. The zero-order chi connectivity index (χ0) is 10.8. The van der Waals surface area contributed by atoms with E-state index in [9.17, 15) is 13.2 Å². The molecule has 0 N–H and O–H groups in total. The number of rotatable bonds is 2. The molecule has 0 aliphatic rings. The first-order chi connectivity index (χ1) is 6.42. The summed E-state index contributed by atoms with van der Waals surface area (Å²) in [5.74, 6) is -0.842. The molecule has 0 amide bonds. The molecule has 0 saturated carbocycles. The Balaban J connectivity index is 0.00000196. The van der Waals surface area contributed by atoms with Crippen LogP contribution >= 0.6 is 0 Å². The Bertz CT molecular complexity index is 436. The molecule has 0 radical (unpaired) electrons. The summed E-state index contributed by atoms with van der Waals surface area (Å²) in [6, 6.07) is 6.06. The Labute approximate surface area is 102 Å². The number of hydrogen-bond acceptors (Lipinski definition) is 4. The van der Waals surface area contributed by atoms with E-state index in [0.29, 0.717) is 0 Å². The van der Waals surface area contributed by atoms with E-state index in [4.69, 9.17) is 0 Å². The minimum Gasteiger partial charge on any atom is -0.343 e. The Hall–Kier alpha value is -0.698. The van der Waals surface area contributed by atoms with E-state index in [1.807, 2.05) is 6.92 Å². The molecule has 86 valence electrons. The summed E-state index contributed by atoms with van der Waals surface area (Å²) in [5.41, 5.74) is 0.937. The van der Waals surface area contributed by atoms with E-state index in [1.165, 1.54) is 12.1 Å². The Morgan fingerprint density at radius 3 is 2.07 bits per heavy atom. The van der Waals surface area contributed by atoms with Gasteiger partial charge in [-0.1, -0.05) is 17.7 Å². The minimum absolute atomic E-state index is 0. The average Bonchev–Trinajstić information content (AvgIpc) is 2.02. The summed E-state index contributed by atoms with van der Waals surface area (Å²) in [6.45, 7) is 2.88. The van der Waals surface area contributed by atoms with Crippen molar-refractivity contribution >= 4 is 16.1 Å². The van der Waals surface area contributed by atoms with E-state index in [-0.39, 0.29) is 25.3 Å². The fourth-order valence-corrected chi connectivity index (χ4v) is 1.78. The van der Waals surface area contributed by atoms with Crippen LogP contribution in [0.1, 0.15) is 12.5 Å². The maximum atomic E-state index is 11.3. The van der Waals surface area contributed by atoms with Gasteiger partial charge in [0.15, 0.2) is 0 Å². The predicted octanol–water partition coefficient (Wildman–Crippen LogP) is 1.24. The van der Waals surface area contributed by atoms with Crippen molar-refractivity contribution in [3.63, 3.8) is 0 Å². The second-order valence-corrected chi connectivity index (χ2v) is 4.39. The van der Waals surface area contributed by atoms with Crippen molar-refractivity contribution in [1.82, 2.24) is 0 Å². The minimum atomic E-state index is -3.93. The third kappa shape index (κ3) is 4.12.